The molecule has 0 radical (unpaired) electrons. The molecule has 0 aliphatic carbocycles. The highest BCUT2D eigenvalue weighted by atomic mass is 16.5. The van der Waals surface area contributed by atoms with Crippen molar-refractivity contribution in [3.63, 3.8) is 0 Å². The number of hydrogen-bond acceptors (Lipinski definition) is 5. The molecule has 1 atom stereocenters. The fourth-order valence-electron chi connectivity index (χ4n) is 3.22. The van der Waals surface area contributed by atoms with Crippen molar-refractivity contribution in [2.24, 2.45) is 0 Å². The van der Waals surface area contributed by atoms with Crippen molar-refractivity contribution < 1.29 is 9.32 Å². The van der Waals surface area contributed by atoms with Gasteiger partial charge in [0, 0.05) is 19.0 Å². The van der Waals surface area contributed by atoms with Gasteiger partial charge in [0.05, 0.1) is 12.6 Å². The highest BCUT2D eigenvalue weighted by Crippen LogP contribution is 2.31. The van der Waals surface area contributed by atoms with Gasteiger partial charge in [-0.15, -0.1) is 0 Å². The molecule has 1 aromatic heterocycles. The molecule has 2 aromatic rings. The van der Waals surface area contributed by atoms with Crippen LogP contribution in [-0.4, -0.2) is 46.0 Å². The molecule has 3 rings (SSSR count). The summed E-state index contributed by atoms with van der Waals surface area (Å²) in [6, 6.07) is 10.1. The summed E-state index contributed by atoms with van der Waals surface area (Å²) in [6.45, 7) is 5.94. The number of hydrogen-bond donors (Lipinski definition) is 0. The average molecular weight is 342 g/mol. The Hall–Kier alpha value is -2.21. The van der Waals surface area contributed by atoms with Crippen LogP contribution in [0.3, 0.4) is 0 Å². The van der Waals surface area contributed by atoms with Crippen LogP contribution in [-0.2, 0) is 11.3 Å². The topological polar surface area (TPSA) is 62.5 Å². The average Bonchev–Trinajstić information content (AvgIpc) is 3.24. The number of likely N-dealkylation sites (N-methyl/N-ethyl adjacent to an activating group) is 1. The lowest BCUT2D eigenvalue weighted by atomic mass is 10.2. The van der Waals surface area contributed by atoms with Crippen molar-refractivity contribution in [3.8, 4) is 0 Å². The van der Waals surface area contributed by atoms with Gasteiger partial charge in [-0.1, -0.05) is 49.3 Å². The third kappa shape index (κ3) is 4.25. The van der Waals surface area contributed by atoms with Crippen LogP contribution in [0.4, 0.5) is 0 Å². The maximum absolute atomic E-state index is 12.8. The van der Waals surface area contributed by atoms with Gasteiger partial charge < -0.3 is 9.42 Å². The molecule has 1 aliphatic rings. The Morgan fingerprint density at radius 2 is 2.12 bits per heavy atom. The van der Waals surface area contributed by atoms with Crippen LogP contribution in [0, 0.1) is 0 Å². The highest BCUT2D eigenvalue weighted by molar-refractivity contribution is 5.79. The van der Waals surface area contributed by atoms with E-state index in [0.29, 0.717) is 18.3 Å². The van der Waals surface area contributed by atoms with Gasteiger partial charge in [0.2, 0.25) is 11.8 Å². The summed E-state index contributed by atoms with van der Waals surface area (Å²) in [5.74, 6) is 1.59. The van der Waals surface area contributed by atoms with Gasteiger partial charge in [-0.05, 0) is 25.5 Å². The SMILES string of the molecule is CC(C)c1nc([C@@H]2CCCN2C(=O)CN(C)Cc2ccccc2)no1. The molecule has 0 saturated carbocycles. The first-order valence-electron chi connectivity index (χ1n) is 8.90. The summed E-state index contributed by atoms with van der Waals surface area (Å²) in [7, 11) is 1.97. The molecule has 1 aromatic carbocycles. The Balaban J connectivity index is 1.62. The first kappa shape index (κ1) is 17.6. The molecular weight excluding hydrogens is 316 g/mol. The normalized spacial score (nSPS) is 17.6. The van der Waals surface area contributed by atoms with Gasteiger partial charge in [-0.25, -0.2) is 0 Å². The number of carbonyl (C=O) groups is 1. The molecule has 1 saturated heterocycles. The first-order chi connectivity index (χ1) is 12.0. The Bertz CT molecular complexity index is 698. The zero-order chi connectivity index (χ0) is 17.8. The lowest BCUT2D eigenvalue weighted by Gasteiger charge is -2.25. The van der Waals surface area contributed by atoms with Gasteiger partial charge >= 0.3 is 0 Å². The summed E-state index contributed by atoms with van der Waals surface area (Å²) < 4.78 is 5.32. The van der Waals surface area contributed by atoms with Crippen LogP contribution < -0.4 is 0 Å². The van der Waals surface area contributed by atoms with E-state index in [1.807, 2.05) is 48.9 Å². The van der Waals surface area contributed by atoms with Crippen LogP contribution in [0.15, 0.2) is 34.9 Å². The maximum atomic E-state index is 12.8. The zero-order valence-electron chi connectivity index (χ0n) is 15.2. The van der Waals surface area contributed by atoms with Crippen LogP contribution in [0.5, 0.6) is 0 Å². The molecule has 0 unspecified atom stereocenters. The molecule has 134 valence electrons. The van der Waals surface area contributed by atoms with E-state index in [1.54, 1.807) is 0 Å². The molecular formula is C19H26N4O2. The number of carbonyl (C=O) groups excluding carboxylic acids is 1. The van der Waals surface area contributed by atoms with Gasteiger partial charge in [0.25, 0.3) is 0 Å². The summed E-state index contributed by atoms with van der Waals surface area (Å²) in [6.07, 6.45) is 1.87. The second-order valence-corrected chi connectivity index (χ2v) is 7.05. The monoisotopic (exact) mass is 342 g/mol. The molecule has 6 heteroatoms. The fraction of sp³-hybridized carbons (Fsp3) is 0.526. The molecule has 2 heterocycles. The Labute approximate surface area is 148 Å². The van der Waals surface area contributed by atoms with Gasteiger partial charge in [-0.2, -0.15) is 4.98 Å². The third-order valence-electron chi connectivity index (χ3n) is 4.52. The van der Waals surface area contributed by atoms with E-state index in [1.165, 1.54) is 5.56 Å². The highest BCUT2D eigenvalue weighted by Gasteiger charge is 2.33. The first-order valence-corrected chi connectivity index (χ1v) is 8.90. The number of benzene rings is 1. The Morgan fingerprint density at radius 3 is 2.80 bits per heavy atom. The largest absolute Gasteiger partial charge is 0.339 e. The van der Waals surface area contributed by atoms with Gasteiger partial charge in [0.1, 0.15) is 0 Å². The molecule has 0 bridgehead atoms. The minimum absolute atomic E-state index is 0.0612. The second kappa shape index (κ2) is 7.78. The van der Waals surface area contributed by atoms with Gasteiger partial charge in [0.15, 0.2) is 5.82 Å². The van der Waals surface area contributed by atoms with Gasteiger partial charge in [-0.3, -0.25) is 9.69 Å². The second-order valence-electron chi connectivity index (χ2n) is 7.05. The summed E-state index contributed by atoms with van der Waals surface area (Å²) in [5.41, 5.74) is 1.20. The quantitative estimate of drug-likeness (QED) is 0.807. The minimum atomic E-state index is -0.0612. The van der Waals surface area contributed by atoms with E-state index >= 15 is 0 Å². The number of nitrogens with zero attached hydrogens (tertiary/aromatic N) is 4. The van der Waals surface area contributed by atoms with E-state index in [9.17, 15) is 4.79 Å². The number of likely N-dealkylation sites (tertiary alicyclic amines) is 1. The predicted molar refractivity (Wildman–Crippen MR) is 94.9 cm³/mol. The Morgan fingerprint density at radius 1 is 1.36 bits per heavy atom. The molecule has 25 heavy (non-hydrogen) atoms. The van der Waals surface area contributed by atoms with Crippen molar-refractivity contribution in [2.45, 2.75) is 45.2 Å². The van der Waals surface area contributed by atoms with E-state index in [2.05, 4.69) is 22.3 Å². The molecule has 6 nitrogen and oxygen atoms in total. The van der Waals surface area contributed by atoms with Crippen molar-refractivity contribution in [3.05, 3.63) is 47.6 Å². The van der Waals surface area contributed by atoms with Crippen molar-refractivity contribution in [2.75, 3.05) is 20.1 Å². The lowest BCUT2D eigenvalue weighted by molar-refractivity contribution is -0.133. The van der Waals surface area contributed by atoms with Crippen molar-refractivity contribution in [1.29, 1.82) is 0 Å². The molecule has 1 aliphatic heterocycles. The van der Waals surface area contributed by atoms with E-state index in [-0.39, 0.29) is 17.9 Å². The van der Waals surface area contributed by atoms with Crippen LogP contribution in [0.2, 0.25) is 0 Å². The van der Waals surface area contributed by atoms with Crippen molar-refractivity contribution in [1.82, 2.24) is 19.9 Å². The standard InChI is InChI=1S/C19H26N4O2/c1-14(2)19-20-18(21-25-19)16-10-7-11-23(16)17(24)13-22(3)12-15-8-5-4-6-9-15/h4-6,8-9,14,16H,7,10-13H2,1-3H3/t16-/m0/s1. The lowest BCUT2D eigenvalue weighted by Crippen LogP contribution is -2.38. The number of aromatic nitrogens is 2. The minimum Gasteiger partial charge on any atom is -0.339 e. The summed E-state index contributed by atoms with van der Waals surface area (Å²) in [4.78, 5) is 21.2. The third-order valence-corrected chi connectivity index (χ3v) is 4.52. The van der Waals surface area contributed by atoms with E-state index in [0.717, 1.165) is 25.9 Å². The van der Waals surface area contributed by atoms with E-state index < -0.39 is 0 Å². The number of amides is 1. The van der Waals surface area contributed by atoms with Crippen LogP contribution in [0.25, 0.3) is 0 Å². The summed E-state index contributed by atoms with van der Waals surface area (Å²) in [5, 5.41) is 4.11. The number of rotatable bonds is 6. The van der Waals surface area contributed by atoms with Crippen LogP contribution in [0.1, 0.15) is 55.9 Å². The molecule has 0 N–H and O–H groups in total. The molecule has 1 fully saturated rings. The zero-order valence-corrected chi connectivity index (χ0v) is 15.2. The van der Waals surface area contributed by atoms with Crippen molar-refractivity contribution >= 4 is 5.91 Å². The maximum Gasteiger partial charge on any atom is 0.237 e. The smallest absolute Gasteiger partial charge is 0.237 e. The summed E-state index contributed by atoms with van der Waals surface area (Å²) >= 11 is 0. The molecule has 0 spiro atoms. The van der Waals surface area contributed by atoms with E-state index in [4.69, 9.17) is 4.52 Å². The predicted octanol–water partition coefficient (Wildman–Crippen LogP) is 2.99. The molecule has 1 amide bonds. The van der Waals surface area contributed by atoms with Crippen LogP contribution >= 0.6 is 0 Å². The fourth-order valence-corrected chi connectivity index (χ4v) is 3.22. The Kier molecular flexibility index (Phi) is 5.48.